The molecule has 1 aliphatic heterocycles. The van der Waals surface area contributed by atoms with Gasteiger partial charge < -0.3 is 5.11 Å². The Hall–Kier alpha value is -1.76. The number of fused-ring (bicyclic) bond motifs is 1. The van der Waals surface area contributed by atoms with E-state index < -0.39 is 0 Å². The number of aromatic nitrogens is 2. The predicted molar refractivity (Wildman–Crippen MR) is 94.2 cm³/mol. The number of hydrogen-bond donors (Lipinski definition) is 1. The number of pyridine rings is 1. The van der Waals surface area contributed by atoms with Gasteiger partial charge in [-0.05, 0) is 25.0 Å². The van der Waals surface area contributed by atoms with Crippen LogP contribution in [0, 0.1) is 6.92 Å². The maximum Gasteiger partial charge on any atom is 0.258 e. The monoisotopic (exact) mass is 330 g/mol. The summed E-state index contributed by atoms with van der Waals surface area (Å²) in [4.78, 5) is 21.6. The van der Waals surface area contributed by atoms with Crippen molar-refractivity contribution in [2.45, 2.75) is 32.9 Å². The van der Waals surface area contributed by atoms with Gasteiger partial charge in [-0.2, -0.15) is 0 Å². The van der Waals surface area contributed by atoms with Crippen molar-refractivity contribution in [2.24, 2.45) is 0 Å². The minimum Gasteiger partial charge on any atom is -0.395 e. The molecule has 2 aromatic rings. The molecule has 0 spiro atoms. The standard InChI is InChI=1S/C18H26N4O2/c1-3-16(13-23)21-9-7-20(8-10-21)12-15-11-17(24)22-6-4-5-14(2)18(22)19-15/h4-6,11,16,23H,3,7-10,12-13H2,1-2H3. The van der Waals surface area contributed by atoms with Crippen LogP contribution in [0.2, 0.25) is 0 Å². The van der Waals surface area contributed by atoms with Crippen molar-refractivity contribution in [1.29, 1.82) is 0 Å². The van der Waals surface area contributed by atoms with E-state index in [1.165, 1.54) is 0 Å². The Morgan fingerprint density at radius 1 is 1.29 bits per heavy atom. The highest BCUT2D eigenvalue weighted by Gasteiger charge is 2.22. The molecule has 1 aliphatic rings. The fourth-order valence-electron chi connectivity index (χ4n) is 3.41. The summed E-state index contributed by atoms with van der Waals surface area (Å²) >= 11 is 0. The maximum absolute atomic E-state index is 12.3. The molecular formula is C18H26N4O2. The van der Waals surface area contributed by atoms with Crippen LogP contribution in [0.5, 0.6) is 0 Å². The summed E-state index contributed by atoms with van der Waals surface area (Å²) in [5.41, 5.74) is 2.56. The summed E-state index contributed by atoms with van der Waals surface area (Å²) in [5.74, 6) is 0. The van der Waals surface area contributed by atoms with Crippen molar-refractivity contribution in [3.8, 4) is 0 Å². The number of rotatable bonds is 5. The molecule has 1 atom stereocenters. The van der Waals surface area contributed by atoms with Crippen LogP contribution in [-0.4, -0.2) is 63.1 Å². The summed E-state index contributed by atoms with van der Waals surface area (Å²) in [6.45, 7) is 8.78. The van der Waals surface area contributed by atoms with Gasteiger partial charge >= 0.3 is 0 Å². The Morgan fingerprint density at radius 2 is 2.04 bits per heavy atom. The molecule has 1 saturated heterocycles. The third-order valence-corrected chi connectivity index (χ3v) is 4.93. The van der Waals surface area contributed by atoms with E-state index in [2.05, 4.69) is 21.7 Å². The van der Waals surface area contributed by atoms with Gasteiger partial charge in [0.15, 0.2) is 0 Å². The zero-order valence-electron chi connectivity index (χ0n) is 14.5. The Balaban J connectivity index is 1.70. The second-order valence-corrected chi connectivity index (χ2v) is 6.53. The lowest BCUT2D eigenvalue weighted by Crippen LogP contribution is -2.50. The highest BCUT2D eigenvalue weighted by atomic mass is 16.3. The van der Waals surface area contributed by atoms with Gasteiger partial charge in [0.2, 0.25) is 0 Å². The number of aliphatic hydroxyl groups excluding tert-OH is 1. The van der Waals surface area contributed by atoms with Crippen LogP contribution in [0.25, 0.3) is 5.65 Å². The van der Waals surface area contributed by atoms with Crippen LogP contribution in [-0.2, 0) is 6.54 Å². The van der Waals surface area contributed by atoms with Gasteiger partial charge in [-0.15, -0.1) is 0 Å². The van der Waals surface area contributed by atoms with Gasteiger partial charge in [0, 0.05) is 51.0 Å². The van der Waals surface area contributed by atoms with Crippen molar-refractivity contribution < 1.29 is 5.11 Å². The molecule has 0 aromatic carbocycles. The molecule has 0 radical (unpaired) electrons. The van der Waals surface area contributed by atoms with Gasteiger partial charge in [0.25, 0.3) is 5.56 Å². The highest BCUT2D eigenvalue weighted by Crippen LogP contribution is 2.12. The van der Waals surface area contributed by atoms with Crippen LogP contribution >= 0.6 is 0 Å². The molecule has 1 unspecified atom stereocenters. The largest absolute Gasteiger partial charge is 0.395 e. The minimum absolute atomic E-state index is 0.0244. The summed E-state index contributed by atoms with van der Waals surface area (Å²) in [6, 6.07) is 5.75. The third kappa shape index (κ3) is 3.50. The van der Waals surface area contributed by atoms with E-state index in [0.29, 0.717) is 6.54 Å². The number of piperazine rings is 1. The Labute approximate surface area is 142 Å². The molecule has 0 saturated carbocycles. The third-order valence-electron chi connectivity index (χ3n) is 4.93. The highest BCUT2D eigenvalue weighted by molar-refractivity contribution is 5.46. The first-order valence-electron chi connectivity index (χ1n) is 8.67. The van der Waals surface area contributed by atoms with E-state index in [9.17, 15) is 9.90 Å². The Morgan fingerprint density at radius 3 is 2.71 bits per heavy atom. The molecule has 130 valence electrons. The summed E-state index contributed by atoms with van der Waals surface area (Å²) in [5, 5.41) is 9.43. The maximum atomic E-state index is 12.3. The predicted octanol–water partition coefficient (Wildman–Crippen LogP) is 0.891. The molecule has 6 nitrogen and oxygen atoms in total. The molecule has 0 aliphatic carbocycles. The first-order chi connectivity index (χ1) is 11.6. The second-order valence-electron chi connectivity index (χ2n) is 6.53. The van der Waals surface area contributed by atoms with E-state index in [-0.39, 0.29) is 18.2 Å². The molecule has 2 aromatic heterocycles. The van der Waals surface area contributed by atoms with E-state index in [4.69, 9.17) is 0 Å². The van der Waals surface area contributed by atoms with E-state index >= 15 is 0 Å². The van der Waals surface area contributed by atoms with E-state index in [0.717, 1.165) is 49.5 Å². The van der Waals surface area contributed by atoms with Crippen LogP contribution in [0.1, 0.15) is 24.6 Å². The van der Waals surface area contributed by atoms with Gasteiger partial charge in [-0.25, -0.2) is 4.98 Å². The molecule has 3 heterocycles. The second kappa shape index (κ2) is 7.42. The van der Waals surface area contributed by atoms with Crippen molar-refractivity contribution >= 4 is 5.65 Å². The molecule has 24 heavy (non-hydrogen) atoms. The summed E-state index contributed by atoms with van der Waals surface area (Å²) in [7, 11) is 0. The molecule has 6 heteroatoms. The Bertz CT molecular complexity index is 746. The lowest BCUT2D eigenvalue weighted by atomic mass is 10.1. The van der Waals surface area contributed by atoms with Gasteiger partial charge in [0.05, 0.1) is 12.3 Å². The summed E-state index contributed by atoms with van der Waals surface area (Å²) in [6.07, 6.45) is 2.73. The zero-order chi connectivity index (χ0) is 17.1. The van der Waals surface area contributed by atoms with Gasteiger partial charge in [-0.1, -0.05) is 13.0 Å². The average molecular weight is 330 g/mol. The lowest BCUT2D eigenvalue weighted by Gasteiger charge is -2.38. The Kier molecular flexibility index (Phi) is 5.28. The molecular weight excluding hydrogens is 304 g/mol. The first-order valence-corrected chi connectivity index (χ1v) is 8.67. The van der Waals surface area contributed by atoms with Crippen LogP contribution in [0.4, 0.5) is 0 Å². The topological polar surface area (TPSA) is 61.1 Å². The van der Waals surface area contributed by atoms with Crippen molar-refractivity contribution in [2.75, 3.05) is 32.8 Å². The fraction of sp³-hybridized carbons (Fsp3) is 0.556. The molecule has 1 fully saturated rings. The molecule has 0 bridgehead atoms. The van der Waals surface area contributed by atoms with E-state index in [1.807, 2.05) is 19.1 Å². The normalized spacial score (nSPS) is 18.1. The fourth-order valence-corrected chi connectivity index (χ4v) is 3.41. The first kappa shape index (κ1) is 17.1. The van der Waals surface area contributed by atoms with Crippen LogP contribution in [0.3, 0.4) is 0 Å². The average Bonchev–Trinajstić information content (AvgIpc) is 2.58. The van der Waals surface area contributed by atoms with Crippen LogP contribution in [0.15, 0.2) is 29.2 Å². The molecule has 3 rings (SSSR count). The van der Waals surface area contributed by atoms with Gasteiger partial charge in [-0.3, -0.25) is 19.0 Å². The lowest BCUT2D eigenvalue weighted by molar-refractivity contribution is 0.0604. The van der Waals surface area contributed by atoms with Crippen LogP contribution < -0.4 is 5.56 Å². The smallest absolute Gasteiger partial charge is 0.258 e. The molecule has 0 amide bonds. The SMILES string of the molecule is CCC(CO)N1CCN(Cc2cc(=O)n3cccc(C)c3n2)CC1. The number of aliphatic hydroxyl groups is 1. The van der Waals surface area contributed by atoms with Crippen molar-refractivity contribution in [3.63, 3.8) is 0 Å². The van der Waals surface area contributed by atoms with E-state index in [1.54, 1.807) is 16.7 Å². The number of hydrogen-bond acceptors (Lipinski definition) is 5. The van der Waals surface area contributed by atoms with Gasteiger partial charge in [0.1, 0.15) is 5.65 Å². The number of aryl methyl sites for hydroxylation is 1. The van der Waals surface area contributed by atoms with Crippen molar-refractivity contribution in [1.82, 2.24) is 19.2 Å². The van der Waals surface area contributed by atoms with Crippen molar-refractivity contribution in [3.05, 3.63) is 46.0 Å². The molecule has 1 N–H and O–H groups in total. The minimum atomic E-state index is -0.0244. The number of nitrogens with zero attached hydrogens (tertiary/aromatic N) is 4. The zero-order valence-corrected chi connectivity index (χ0v) is 14.5. The quantitative estimate of drug-likeness (QED) is 0.882. The summed E-state index contributed by atoms with van der Waals surface area (Å²) < 4.78 is 1.60.